The van der Waals surface area contributed by atoms with E-state index < -0.39 is 5.79 Å². The Morgan fingerprint density at radius 3 is 2.04 bits per heavy atom. The Balaban J connectivity index is 1.44. The van der Waals surface area contributed by atoms with Gasteiger partial charge in [-0.1, -0.05) is 24.3 Å². The van der Waals surface area contributed by atoms with Gasteiger partial charge in [0.25, 0.3) is 0 Å². The molecule has 26 heavy (non-hydrogen) atoms. The van der Waals surface area contributed by atoms with Crippen molar-refractivity contribution < 1.29 is 23.5 Å². The third kappa shape index (κ3) is 3.23. The predicted octanol–water partition coefficient (Wildman–Crippen LogP) is 2.97. The molecule has 3 atom stereocenters. The molecule has 0 unspecified atom stereocenters. The molecule has 0 saturated carbocycles. The van der Waals surface area contributed by atoms with Crippen molar-refractivity contribution in [3.8, 4) is 0 Å². The fraction of sp³-hybridized carbons (Fsp3) is 0.700. The summed E-state index contributed by atoms with van der Waals surface area (Å²) in [7, 11) is -0.335. The molecule has 3 saturated heterocycles. The van der Waals surface area contributed by atoms with Crippen LogP contribution in [0.5, 0.6) is 0 Å². The topological polar surface area (TPSA) is 46.2 Å². The van der Waals surface area contributed by atoms with Gasteiger partial charge in [-0.15, -0.1) is 0 Å². The second kappa shape index (κ2) is 6.04. The smallest absolute Gasteiger partial charge is 0.399 e. The van der Waals surface area contributed by atoms with Crippen LogP contribution < -0.4 is 5.46 Å². The molecule has 0 bridgehead atoms. The lowest BCUT2D eigenvalue weighted by Crippen LogP contribution is -2.41. The summed E-state index contributed by atoms with van der Waals surface area (Å²) < 4.78 is 30.2. The maximum atomic E-state index is 6.13. The number of hydrogen-bond donors (Lipinski definition) is 0. The van der Waals surface area contributed by atoms with Crippen molar-refractivity contribution in [2.24, 2.45) is 0 Å². The molecule has 0 amide bonds. The van der Waals surface area contributed by atoms with Crippen LogP contribution in [-0.4, -0.2) is 42.9 Å². The van der Waals surface area contributed by atoms with Gasteiger partial charge in [-0.3, -0.25) is 0 Å². The second-order valence-electron chi connectivity index (χ2n) is 9.03. The Hall–Kier alpha value is -0.915. The highest BCUT2D eigenvalue weighted by Gasteiger charge is 2.51. The number of hydrogen-bond acceptors (Lipinski definition) is 5. The fourth-order valence-electron chi connectivity index (χ4n) is 3.82. The summed E-state index contributed by atoms with van der Waals surface area (Å²) >= 11 is 0. The average Bonchev–Trinajstić information content (AvgIpc) is 2.97. The van der Waals surface area contributed by atoms with Crippen molar-refractivity contribution in [1.82, 2.24) is 0 Å². The van der Waals surface area contributed by atoms with E-state index in [4.69, 9.17) is 23.5 Å². The van der Waals surface area contributed by atoms with Gasteiger partial charge in [0, 0.05) is 6.42 Å². The van der Waals surface area contributed by atoms with Crippen molar-refractivity contribution in [1.29, 1.82) is 0 Å². The van der Waals surface area contributed by atoms with Crippen molar-refractivity contribution in [3.05, 3.63) is 29.8 Å². The number of benzene rings is 1. The van der Waals surface area contributed by atoms with Crippen molar-refractivity contribution in [3.63, 3.8) is 0 Å². The van der Waals surface area contributed by atoms with Gasteiger partial charge in [0.1, 0.15) is 6.10 Å². The molecule has 3 aliphatic heterocycles. The Morgan fingerprint density at radius 1 is 0.846 bits per heavy atom. The minimum atomic E-state index is -0.520. The van der Waals surface area contributed by atoms with Crippen LogP contribution in [0.2, 0.25) is 0 Å². The van der Waals surface area contributed by atoms with Crippen molar-refractivity contribution >= 4 is 12.6 Å². The molecule has 0 aromatic heterocycles. The first-order valence-corrected chi connectivity index (χ1v) is 9.49. The highest BCUT2D eigenvalue weighted by Crippen LogP contribution is 2.39. The van der Waals surface area contributed by atoms with Crippen LogP contribution in [-0.2, 0) is 23.5 Å². The van der Waals surface area contributed by atoms with Crippen LogP contribution in [0.25, 0.3) is 0 Å². The van der Waals surface area contributed by atoms with Crippen LogP contribution in [0, 0.1) is 0 Å². The molecule has 4 rings (SSSR count). The third-order valence-corrected chi connectivity index (χ3v) is 6.03. The van der Waals surface area contributed by atoms with Crippen LogP contribution in [0.1, 0.15) is 59.6 Å². The molecule has 0 N–H and O–H groups in total. The number of rotatable bonds is 2. The monoisotopic (exact) mass is 360 g/mol. The summed E-state index contributed by atoms with van der Waals surface area (Å²) in [5.41, 5.74) is 1.52. The van der Waals surface area contributed by atoms with Crippen LogP contribution >= 0.6 is 0 Å². The van der Waals surface area contributed by atoms with Gasteiger partial charge >= 0.3 is 7.12 Å². The molecule has 0 radical (unpaired) electrons. The lowest BCUT2D eigenvalue weighted by molar-refractivity contribution is -0.146. The quantitative estimate of drug-likeness (QED) is 0.759. The van der Waals surface area contributed by atoms with Gasteiger partial charge < -0.3 is 23.5 Å². The molecule has 0 aliphatic carbocycles. The first-order valence-electron chi connectivity index (χ1n) is 9.49. The molecule has 3 heterocycles. The molecule has 0 spiro atoms. The van der Waals surface area contributed by atoms with Gasteiger partial charge in [0.2, 0.25) is 0 Å². The maximum Gasteiger partial charge on any atom is 0.494 e. The summed E-state index contributed by atoms with van der Waals surface area (Å²) in [5.74, 6) is -0.520. The zero-order valence-electron chi connectivity index (χ0n) is 16.6. The standard InChI is InChI=1S/C20H29BO5/c1-18(2)19(3,4)26-21(25-18)14-9-7-13(8-10-14)15-11-16-17(12-22-15)24-20(5,6)23-16/h7-10,15-17H,11-12H2,1-6H3/t15-,16+,17-/m1/s1. The summed E-state index contributed by atoms with van der Waals surface area (Å²) in [4.78, 5) is 0. The molecule has 3 fully saturated rings. The van der Waals surface area contributed by atoms with Crippen molar-refractivity contribution in [2.75, 3.05) is 6.61 Å². The first kappa shape index (κ1) is 18.4. The molecule has 1 aromatic carbocycles. The lowest BCUT2D eigenvalue weighted by Gasteiger charge is -2.32. The Morgan fingerprint density at radius 2 is 1.42 bits per heavy atom. The van der Waals surface area contributed by atoms with Gasteiger partial charge in [0.05, 0.1) is 30.0 Å². The largest absolute Gasteiger partial charge is 0.494 e. The van der Waals surface area contributed by atoms with Crippen molar-refractivity contribution in [2.45, 2.75) is 83.3 Å². The van der Waals surface area contributed by atoms with Crippen LogP contribution in [0.4, 0.5) is 0 Å². The lowest BCUT2D eigenvalue weighted by atomic mass is 9.78. The van der Waals surface area contributed by atoms with E-state index in [0.717, 1.165) is 17.4 Å². The Labute approximate surface area is 156 Å². The van der Waals surface area contributed by atoms with Gasteiger partial charge in [-0.05, 0) is 52.6 Å². The molecule has 5 nitrogen and oxygen atoms in total. The maximum absolute atomic E-state index is 6.13. The summed E-state index contributed by atoms with van der Waals surface area (Å²) in [6.07, 6.45) is 0.960. The van der Waals surface area contributed by atoms with Crippen LogP contribution in [0.3, 0.4) is 0 Å². The summed E-state index contributed by atoms with van der Waals surface area (Å²) in [6, 6.07) is 8.35. The predicted molar refractivity (Wildman–Crippen MR) is 99.3 cm³/mol. The van der Waals surface area contributed by atoms with Gasteiger partial charge in [-0.25, -0.2) is 0 Å². The zero-order valence-corrected chi connectivity index (χ0v) is 16.6. The van der Waals surface area contributed by atoms with E-state index in [9.17, 15) is 0 Å². The van der Waals surface area contributed by atoms with Crippen LogP contribution in [0.15, 0.2) is 24.3 Å². The molecule has 6 heteroatoms. The third-order valence-electron chi connectivity index (χ3n) is 6.03. The van der Waals surface area contributed by atoms with E-state index >= 15 is 0 Å². The van der Waals surface area contributed by atoms with E-state index in [1.807, 2.05) is 13.8 Å². The SMILES string of the molecule is CC1(C)O[C@H]2C[C@H](c3ccc(B4OC(C)(C)C(C)(C)O4)cc3)OC[C@H]2O1. The number of fused-ring (bicyclic) bond motifs is 1. The molecule has 142 valence electrons. The van der Waals surface area contributed by atoms with Gasteiger partial charge in [0.15, 0.2) is 5.79 Å². The number of ether oxygens (including phenoxy) is 3. The second-order valence-corrected chi connectivity index (χ2v) is 9.03. The highest BCUT2D eigenvalue weighted by atomic mass is 16.8. The first-order chi connectivity index (χ1) is 12.1. The van der Waals surface area contributed by atoms with E-state index in [2.05, 4.69) is 52.0 Å². The minimum absolute atomic E-state index is 0.0288. The molecule has 3 aliphatic rings. The van der Waals surface area contributed by atoms with E-state index in [0.29, 0.717) is 6.61 Å². The zero-order chi connectivity index (χ0) is 18.7. The van der Waals surface area contributed by atoms with Gasteiger partial charge in [-0.2, -0.15) is 0 Å². The normalized spacial score (nSPS) is 34.7. The minimum Gasteiger partial charge on any atom is -0.399 e. The molecular weight excluding hydrogens is 331 g/mol. The Bertz CT molecular complexity index is 653. The van der Waals surface area contributed by atoms with E-state index in [-0.39, 0.29) is 36.6 Å². The summed E-state index contributed by atoms with van der Waals surface area (Å²) in [5, 5.41) is 0. The van der Waals surface area contributed by atoms with E-state index in [1.165, 1.54) is 0 Å². The fourth-order valence-corrected chi connectivity index (χ4v) is 3.82. The van der Waals surface area contributed by atoms with E-state index in [1.54, 1.807) is 0 Å². The average molecular weight is 360 g/mol. The Kier molecular flexibility index (Phi) is 4.29. The highest BCUT2D eigenvalue weighted by molar-refractivity contribution is 6.62. The summed E-state index contributed by atoms with van der Waals surface area (Å²) in [6.45, 7) is 12.8. The molecule has 1 aromatic rings. The molecular formula is C20H29BO5.